The van der Waals surface area contributed by atoms with Crippen LogP contribution >= 0.6 is 11.8 Å². The molecule has 1 aliphatic rings. The molecule has 2 aromatic carbocycles. The molecule has 0 spiro atoms. The highest BCUT2D eigenvalue weighted by Crippen LogP contribution is 2.33. The number of aromatic nitrogens is 2. The third-order valence-electron chi connectivity index (χ3n) is 4.33. The predicted molar refractivity (Wildman–Crippen MR) is 111 cm³/mol. The molecule has 29 heavy (non-hydrogen) atoms. The lowest BCUT2D eigenvalue weighted by Crippen LogP contribution is -2.22. The van der Waals surface area contributed by atoms with E-state index >= 15 is 0 Å². The number of hydrogen-bond donors (Lipinski definition) is 1. The average molecular weight is 411 g/mol. The minimum Gasteiger partial charge on any atom is -0.486 e. The van der Waals surface area contributed by atoms with E-state index in [4.69, 9.17) is 13.9 Å². The predicted octanol–water partition coefficient (Wildman–Crippen LogP) is 4.24. The van der Waals surface area contributed by atoms with Gasteiger partial charge in [0.1, 0.15) is 13.2 Å². The van der Waals surface area contributed by atoms with Crippen molar-refractivity contribution >= 4 is 23.4 Å². The Kier molecular flexibility index (Phi) is 5.44. The lowest BCUT2D eigenvalue weighted by molar-refractivity contribution is -0.115. The van der Waals surface area contributed by atoms with Crippen LogP contribution in [0.15, 0.2) is 46.0 Å². The Balaban J connectivity index is 1.41. The van der Waals surface area contributed by atoms with Crippen LogP contribution in [0.25, 0.3) is 11.5 Å². The van der Waals surface area contributed by atoms with Crippen LogP contribution in [0, 0.1) is 13.8 Å². The van der Waals surface area contributed by atoms with Crippen molar-refractivity contribution in [2.45, 2.75) is 31.2 Å². The third-order valence-corrected chi connectivity index (χ3v) is 5.27. The number of nitrogens with one attached hydrogen (secondary N) is 1. The fourth-order valence-corrected chi connectivity index (χ4v) is 3.73. The number of rotatable bonds is 5. The minimum absolute atomic E-state index is 0.169. The maximum Gasteiger partial charge on any atom is 0.277 e. The molecule has 1 N–H and O–H groups in total. The molecule has 7 nitrogen and oxygen atoms in total. The highest BCUT2D eigenvalue weighted by Gasteiger charge is 2.20. The van der Waals surface area contributed by atoms with Gasteiger partial charge in [-0.1, -0.05) is 29.0 Å². The molecule has 0 aliphatic carbocycles. The normalized spacial score (nSPS) is 13.8. The standard InChI is InChI=1S/C21H21N3O4S/c1-12-8-13(2)10-15(9-12)20-23-24-21(28-20)29-14(3)19(25)22-16-4-5-17-18(11-16)27-7-6-26-17/h4-5,8-11,14H,6-7H2,1-3H3,(H,22,25)/t14-/m1/s1. The zero-order chi connectivity index (χ0) is 20.4. The number of hydrogen-bond acceptors (Lipinski definition) is 7. The average Bonchev–Trinajstić information content (AvgIpc) is 3.15. The summed E-state index contributed by atoms with van der Waals surface area (Å²) in [5, 5.41) is 11.0. The first-order chi connectivity index (χ1) is 14.0. The molecular formula is C21H21N3O4S. The number of amides is 1. The van der Waals surface area contributed by atoms with Crippen LogP contribution < -0.4 is 14.8 Å². The van der Waals surface area contributed by atoms with E-state index in [1.54, 1.807) is 25.1 Å². The fraction of sp³-hybridized carbons (Fsp3) is 0.286. The molecule has 150 valence electrons. The molecule has 1 aliphatic heterocycles. The number of carbonyl (C=O) groups is 1. The molecule has 1 aromatic heterocycles. The summed E-state index contributed by atoms with van der Waals surface area (Å²) in [6, 6.07) is 11.4. The monoisotopic (exact) mass is 411 g/mol. The number of ether oxygens (including phenoxy) is 2. The molecule has 1 amide bonds. The quantitative estimate of drug-likeness (QED) is 0.628. The van der Waals surface area contributed by atoms with Gasteiger partial charge in [-0.25, -0.2) is 0 Å². The molecule has 0 radical (unpaired) electrons. The fourth-order valence-electron chi connectivity index (χ4n) is 3.04. The summed E-state index contributed by atoms with van der Waals surface area (Å²) in [5.74, 6) is 1.59. The van der Waals surface area contributed by atoms with Crippen molar-refractivity contribution in [1.29, 1.82) is 0 Å². The van der Waals surface area contributed by atoms with Crippen molar-refractivity contribution in [3.05, 3.63) is 47.5 Å². The lowest BCUT2D eigenvalue weighted by Gasteiger charge is -2.19. The SMILES string of the molecule is Cc1cc(C)cc(-c2nnc(S[C@H](C)C(=O)Nc3ccc4c(c3)OCCO4)o2)c1. The smallest absolute Gasteiger partial charge is 0.277 e. The van der Waals surface area contributed by atoms with Crippen molar-refractivity contribution in [2.75, 3.05) is 18.5 Å². The van der Waals surface area contributed by atoms with Crippen LogP contribution in [0.3, 0.4) is 0 Å². The van der Waals surface area contributed by atoms with Gasteiger partial charge in [0.2, 0.25) is 11.8 Å². The van der Waals surface area contributed by atoms with Crippen LogP contribution in [-0.4, -0.2) is 34.6 Å². The number of benzene rings is 2. The first-order valence-corrected chi connectivity index (χ1v) is 10.2. The van der Waals surface area contributed by atoms with Gasteiger partial charge in [0.15, 0.2) is 11.5 Å². The van der Waals surface area contributed by atoms with Crippen LogP contribution in [0.2, 0.25) is 0 Å². The Hall–Kier alpha value is -3.00. The molecule has 1 atom stereocenters. The zero-order valence-electron chi connectivity index (χ0n) is 16.4. The topological polar surface area (TPSA) is 86.5 Å². The van der Waals surface area contributed by atoms with Gasteiger partial charge in [-0.3, -0.25) is 4.79 Å². The lowest BCUT2D eigenvalue weighted by atomic mass is 10.1. The number of carbonyl (C=O) groups excluding carboxylic acids is 1. The molecular weight excluding hydrogens is 390 g/mol. The Labute approximate surface area is 172 Å². The maximum atomic E-state index is 12.6. The first-order valence-electron chi connectivity index (χ1n) is 9.27. The summed E-state index contributed by atoms with van der Waals surface area (Å²) in [4.78, 5) is 12.6. The molecule has 0 saturated heterocycles. The van der Waals surface area contributed by atoms with Gasteiger partial charge in [0, 0.05) is 17.3 Å². The molecule has 3 aromatic rings. The van der Waals surface area contributed by atoms with Crippen molar-refractivity contribution < 1.29 is 18.7 Å². The van der Waals surface area contributed by atoms with E-state index in [1.165, 1.54) is 11.8 Å². The number of thioether (sulfide) groups is 1. The van der Waals surface area contributed by atoms with Crippen LogP contribution in [-0.2, 0) is 4.79 Å². The highest BCUT2D eigenvalue weighted by molar-refractivity contribution is 8.00. The molecule has 0 saturated carbocycles. The second-order valence-corrected chi connectivity index (χ2v) is 8.15. The van der Waals surface area contributed by atoms with E-state index < -0.39 is 5.25 Å². The van der Waals surface area contributed by atoms with Gasteiger partial charge in [0.25, 0.3) is 5.22 Å². The van der Waals surface area contributed by atoms with Gasteiger partial charge in [0.05, 0.1) is 5.25 Å². The number of anilines is 1. The van der Waals surface area contributed by atoms with Crippen molar-refractivity contribution in [3.63, 3.8) is 0 Å². The first kappa shape index (κ1) is 19.3. The van der Waals surface area contributed by atoms with E-state index in [-0.39, 0.29) is 5.91 Å². The Morgan fingerprint density at radius 3 is 2.52 bits per heavy atom. The second-order valence-electron chi connectivity index (χ2n) is 6.86. The molecule has 0 fully saturated rings. The molecule has 0 bridgehead atoms. The van der Waals surface area contributed by atoms with Gasteiger partial charge < -0.3 is 19.2 Å². The van der Waals surface area contributed by atoms with Crippen LogP contribution in [0.5, 0.6) is 11.5 Å². The molecule has 2 heterocycles. The summed E-state index contributed by atoms with van der Waals surface area (Å²) in [6.07, 6.45) is 0. The zero-order valence-corrected chi connectivity index (χ0v) is 17.2. The van der Waals surface area contributed by atoms with Crippen molar-refractivity contribution in [2.24, 2.45) is 0 Å². The largest absolute Gasteiger partial charge is 0.486 e. The molecule has 0 unspecified atom stereocenters. The molecule has 4 rings (SSSR count). The van der Waals surface area contributed by atoms with Crippen molar-refractivity contribution in [3.8, 4) is 23.0 Å². The van der Waals surface area contributed by atoms with Gasteiger partial charge in [-0.05, 0) is 45.0 Å². The Morgan fingerprint density at radius 2 is 1.76 bits per heavy atom. The number of fused-ring (bicyclic) bond motifs is 1. The van der Waals surface area contributed by atoms with E-state index in [1.807, 2.05) is 26.0 Å². The second kappa shape index (κ2) is 8.16. The Morgan fingerprint density at radius 1 is 1.03 bits per heavy atom. The van der Waals surface area contributed by atoms with Gasteiger partial charge >= 0.3 is 0 Å². The number of aryl methyl sites for hydroxylation is 2. The minimum atomic E-state index is -0.421. The van der Waals surface area contributed by atoms with E-state index in [0.717, 1.165) is 16.7 Å². The van der Waals surface area contributed by atoms with Crippen molar-refractivity contribution in [1.82, 2.24) is 10.2 Å². The highest BCUT2D eigenvalue weighted by atomic mass is 32.2. The maximum absolute atomic E-state index is 12.6. The summed E-state index contributed by atoms with van der Waals surface area (Å²) in [7, 11) is 0. The number of nitrogens with zero attached hydrogens (tertiary/aromatic N) is 2. The van der Waals surface area contributed by atoms with Gasteiger partial charge in [-0.15, -0.1) is 10.2 Å². The summed E-state index contributed by atoms with van der Waals surface area (Å²) >= 11 is 1.22. The summed E-state index contributed by atoms with van der Waals surface area (Å²) in [6.45, 7) is 6.86. The van der Waals surface area contributed by atoms with E-state index in [2.05, 4.69) is 21.6 Å². The third kappa shape index (κ3) is 4.54. The van der Waals surface area contributed by atoms with E-state index in [9.17, 15) is 4.79 Å². The Bertz CT molecular complexity index is 1030. The van der Waals surface area contributed by atoms with Gasteiger partial charge in [-0.2, -0.15) is 0 Å². The summed E-state index contributed by atoms with van der Waals surface area (Å²) in [5.41, 5.74) is 3.77. The summed E-state index contributed by atoms with van der Waals surface area (Å²) < 4.78 is 16.8. The van der Waals surface area contributed by atoms with Crippen LogP contribution in [0.1, 0.15) is 18.1 Å². The van der Waals surface area contributed by atoms with Crippen LogP contribution in [0.4, 0.5) is 5.69 Å². The molecule has 8 heteroatoms. The van der Waals surface area contributed by atoms with E-state index in [0.29, 0.717) is 41.5 Å².